The highest BCUT2D eigenvalue weighted by atomic mass is 79.9. The zero-order valence-electron chi connectivity index (χ0n) is 7.39. The minimum absolute atomic E-state index is 0.0133. The molecule has 0 atom stereocenters. The predicted octanol–water partition coefficient (Wildman–Crippen LogP) is 1.94. The zero-order valence-corrected chi connectivity index (χ0v) is 8.97. The number of hydrogen-bond donors (Lipinski definition) is 1. The Morgan fingerprint density at radius 1 is 1.46 bits per heavy atom. The molecule has 2 rings (SSSR count). The Hall–Kier alpha value is -1.03. The maximum Gasteiger partial charge on any atom is 0.274 e. The molecular formula is C9H9BrN2O. The number of aromatic nitrogens is 2. The van der Waals surface area contributed by atoms with E-state index in [1.165, 1.54) is 4.68 Å². The molecule has 0 amide bonds. The fourth-order valence-corrected chi connectivity index (χ4v) is 2.09. The molecule has 0 aliphatic heterocycles. The third-order valence-electron chi connectivity index (χ3n) is 2.05. The molecule has 0 aliphatic rings. The van der Waals surface area contributed by atoms with Crippen molar-refractivity contribution in [2.75, 3.05) is 0 Å². The maximum absolute atomic E-state index is 11.5. The molecule has 0 radical (unpaired) electrons. The molecule has 4 heteroatoms. The van der Waals surface area contributed by atoms with Gasteiger partial charge in [0.1, 0.15) is 0 Å². The van der Waals surface area contributed by atoms with Crippen LogP contribution < -0.4 is 5.56 Å². The average Bonchev–Trinajstić information content (AvgIpc) is 2.32. The van der Waals surface area contributed by atoms with E-state index in [9.17, 15) is 4.79 Å². The Balaban J connectivity index is 3.03. The van der Waals surface area contributed by atoms with Gasteiger partial charge in [0.05, 0.1) is 10.9 Å². The fraction of sp³-hybridized carbons (Fsp3) is 0.222. The standard InChI is InChI=1S/C9H9BrN2O/c1-5-3-6-8(7(10)4-5)11-12(2)9(6)13/h3-4,11H,1-2H3. The van der Waals surface area contributed by atoms with Gasteiger partial charge in [-0.1, -0.05) is 0 Å². The third kappa shape index (κ3) is 1.21. The van der Waals surface area contributed by atoms with Crippen molar-refractivity contribution >= 4 is 26.8 Å². The third-order valence-corrected chi connectivity index (χ3v) is 2.67. The topological polar surface area (TPSA) is 37.8 Å². The molecule has 1 N–H and O–H groups in total. The molecule has 1 heterocycles. The summed E-state index contributed by atoms with van der Waals surface area (Å²) < 4.78 is 2.41. The SMILES string of the molecule is Cc1cc(Br)c2[nH]n(C)c(=O)c2c1. The summed E-state index contributed by atoms with van der Waals surface area (Å²) in [7, 11) is 1.71. The van der Waals surface area contributed by atoms with E-state index < -0.39 is 0 Å². The number of aromatic amines is 1. The van der Waals surface area contributed by atoms with Crippen LogP contribution in [-0.2, 0) is 7.05 Å². The van der Waals surface area contributed by atoms with Crippen molar-refractivity contribution in [3.8, 4) is 0 Å². The number of rotatable bonds is 0. The number of hydrogen-bond acceptors (Lipinski definition) is 1. The van der Waals surface area contributed by atoms with Gasteiger partial charge >= 0.3 is 0 Å². The number of nitrogens with one attached hydrogen (secondary N) is 1. The second-order valence-corrected chi connectivity index (χ2v) is 4.00. The van der Waals surface area contributed by atoms with Gasteiger partial charge in [0.2, 0.25) is 0 Å². The Morgan fingerprint density at radius 3 is 2.85 bits per heavy atom. The molecule has 0 fully saturated rings. The number of nitrogens with zero attached hydrogens (tertiary/aromatic N) is 1. The van der Waals surface area contributed by atoms with Crippen LogP contribution in [0.4, 0.5) is 0 Å². The quantitative estimate of drug-likeness (QED) is 0.751. The Bertz CT molecular complexity index is 524. The summed E-state index contributed by atoms with van der Waals surface area (Å²) in [5, 5.41) is 3.71. The van der Waals surface area contributed by atoms with E-state index in [-0.39, 0.29) is 5.56 Å². The van der Waals surface area contributed by atoms with E-state index in [2.05, 4.69) is 21.0 Å². The first-order chi connectivity index (χ1) is 6.09. The Labute approximate surface area is 83.5 Å². The van der Waals surface area contributed by atoms with Crippen molar-refractivity contribution in [1.29, 1.82) is 0 Å². The molecule has 68 valence electrons. The molecule has 0 aliphatic carbocycles. The molecule has 2 aromatic rings. The molecular weight excluding hydrogens is 232 g/mol. The van der Waals surface area contributed by atoms with Crippen LogP contribution in [0.25, 0.3) is 10.9 Å². The van der Waals surface area contributed by atoms with Gasteiger partial charge in [0.15, 0.2) is 0 Å². The van der Waals surface area contributed by atoms with Crippen molar-refractivity contribution in [1.82, 2.24) is 9.78 Å². The lowest BCUT2D eigenvalue weighted by molar-refractivity contribution is 0.750. The van der Waals surface area contributed by atoms with Gasteiger partial charge in [0, 0.05) is 11.5 Å². The van der Waals surface area contributed by atoms with Crippen molar-refractivity contribution in [3.05, 3.63) is 32.5 Å². The van der Waals surface area contributed by atoms with E-state index in [0.717, 1.165) is 20.9 Å². The van der Waals surface area contributed by atoms with E-state index in [0.29, 0.717) is 0 Å². The van der Waals surface area contributed by atoms with Crippen LogP contribution in [0.3, 0.4) is 0 Å². The van der Waals surface area contributed by atoms with Crippen LogP contribution in [0.5, 0.6) is 0 Å². The number of halogens is 1. The minimum atomic E-state index is 0.0133. The van der Waals surface area contributed by atoms with Crippen molar-refractivity contribution in [3.63, 3.8) is 0 Å². The summed E-state index contributed by atoms with van der Waals surface area (Å²) in [6.07, 6.45) is 0. The van der Waals surface area contributed by atoms with Crippen molar-refractivity contribution < 1.29 is 0 Å². The molecule has 0 saturated heterocycles. The number of H-pyrrole nitrogens is 1. The van der Waals surface area contributed by atoms with Gasteiger partial charge in [0.25, 0.3) is 5.56 Å². The molecule has 3 nitrogen and oxygen atoms in total. The van der Waals surface area contributed by atoms with E-state index in [1.54, 1.807) is 7.05 Å². The first-order valence-electron chi connectivity index (χ1n) is 3.94. The summed E-state index contributed by atoms with van der Waals surface area (Å²) in [5.41, 5.74) is 1.95. The Morgan fingerprint density at radius 2 is 2.15 bits per heavy atom. The van der Waals surface area contributed by atoms with Gasteiger partial charge in [-0.25, -0.2) is 0 Å². The van der Waals surface area contributed by atoms with Gasteiger partial charge in [-0.15, -0.1) is 0 Å². The van der Waals surface area contributed by atoms with Crippen LogP contribution >= 0.6 is 15.9 Å². The molecule has 1 aromatic carbocycles. The summed E-state index contributed by atoms with van der Waals surface area (Å²) in [6, 6.07) is 3.87. The van der Waals surface area contributed by atoms with Gasteiger partial charge < -0.3 is 0 Å². The summed E-state index contributed by atoms with van der Waals surface area (Å²) in [4.78, 5) is 11.5. The summed E-state index contributed by atoms with van der Waals surface area (Å²) in [5.74, 6) is 0. The van der Waals surface area contributed by atoms with E-state index in [1.807, 2.05) is 19.1 Å². The van der Waals surface area contributed by atoms with Crippen LogP contribution in [-0.4, -0.2) is 9.78 Å². The highest BCUT2D eigenvalue weighted by Gasteiger charge is 2.06. The summed E-state index contributed by atoms with van der Waals surface area (Å²) >= 11 is 3.41. The maximum atomic E-state index is 11.5. The molecule has 0 saturated carbocycles. The molecule has 0 bridgehead atoms. The highest BCUT2D eigenvalue weighted by Crippen LogP contribution is 2.21. The smallest absolute Gasteiger partial charge is 0.274 e. The van der Waals surface area contributed by atoms with Crippen LogP contribution in [0.1, 0.15) is 5.56 Å². The van der Waals surface area contributed by atoms with Gasteiger partial charge in [-0.2, -0.15) is 0 Å². The van der Waals surface area contributed by atoms with E-state index >= 15 is 0 Å². The molecule has 13 heavy (non-hydrogen) atoms. The number of benzene rings is 1. The average molecular weight is 241 g/mol. The van der Waals surface area contributed by atoms with Crippen LogP contribution in [0.15, 0.2) is 21.4 Å². The largest absolute Gasteiger partial charge is 0.294 e. The van der Waals surface area contributed by atoms with Gasteiger partial charge in [-0.05, 0) is 40.5 Å². The lowest BCUT2D eigenvalue weighted by Gasteiger charge is -1.94. The summed E-state index contributed by atoms with van der Waals surface area (Å²) in [6.45, 7) is 1.97. The van der Waals surface area contributed by atoms with Crippen LogP contribution in [0.2, 0.25) is 0 Å². The predicted molar refractivity (Wildman–Crippen MR) is 56.0 cm³/mol. The molecule has 1 aromatic heterocycles. The first-order valence-corrected chi connectivity index (χ1v) is 4.74. The lowest BCUT2D eigenvalue weighted by atomic mass is 10.2. The van der Waals surface area contributed by atoms with Crippen LogP contribution in [0, 0.1) is 6.92 Å². The van der Waals surface area contributed by atoms with Crippen molar-refractivity contribution in [2.45, 2.75) is 6.92 Å². The first kappa shape index (κ1) is 8.56. The number of aryl methyl sites for hydroxylation is 2. The number of fused-ring (bicyclic) bond motifs is 1. The lowest BCUT2D eigenvalue weighted by Crippen LogP contribution is -2.11. The monoisotopic (exact) mass is 240 g/mol. The van der Waals surface area contributed by atoms with Gasteiger partial charge in [-0.3, -0.25) is 14.6 Å². The Kier molecular flexibility index (Phi) is 1.80. The normalized spacial score (nSPS) is 11.0. The molecule has 0 unspecified atom stereocenters. The second-order valence-electron chi connectivity index (χ2n) is 3.15. The second kappa shape index (κ2) is 2.73. The highest BCUT2D eigenvalue weighted by molar-refractivity contribution is 9.10. The molecule has 0 spiro atoms. The fourth-order valence-electron chi connectivity index (χ4n) is 1.42. The minimum Gasteiger partial charge on any atom is -0.294 e. The van der Waals surface area contributed by atoms with E-state index in [4.69, 9.17) is 0 Å². The zero-order chi connectivity index (χ0) is 9.59. The van der Waals surface area contributed by atoms with Crippen molar-refractivity contribution in [2.24, 2.45) is 7.05 Å².